The van der Waals surface area contributed by atoms with Crippen molar-refractivity contribution >= 4 is 38.6 Å². The number of hydrogen-bond acceptors (Lipinski definition) is 2. The standard InChI is InChI=1S/C21H20BrN3O2/c1-14-3-2-4-15(11-14)20(26)24-7-9-25(10-8-24)21(27)19-13-16-12-17(22)5-6-18(16)23-19/h2-6,11-13,23H,7-10H2,1H3. The Bertz CT molecular complexity index is 1020. The summed E-state index contributed by atoms with van der Waals surface area (Å²) in [6, 6.07) is 15.4. The molecule has 4 rings (SSSR count). The molecule has 2 aromatic carbocycles. The molecular weight excluding hydrogens is 406 g/mol. The summed E-state index contributed by atoms with van der Waals surface area (Å²) in [5, 5.41) is 1.00. The predicted molar refractivity (Wildman–Crippen MR) is 109 cm³/mol. The average Bonchev–Trinajstić information content (AvgIpc) is 3.10. The largest absolute Gasteiger partial charge is 0.351 e. The minimum Gasteiger partial charge on any atom is -0.351 e. The lowest BCUT2D eigenvalue weighted by Crippen LogP contribution is -2.50. The summed E-state index contributed by atoms with van der Waals surface area (Å²) in [5.41, 5.74) is 3.30. The second kappa shape index (κ2) is 7.19. The number of halogens is 1. The number of piperazine rings is 1. The molecule has 0 saturated carbocycles. The number of H-pyrrole nitrogens is 1. The second-order valence-electron chi connectivity index (χ2n) is 6.87. The second-order valence-corrected chi connectivity index (χ2v) is 7.78. The summed E-state index contributed by atoms with van der Waals surface area (Å²) in [6.45, 7) is 4.14. The molecule has 0 atom stereocenters. The van der Waals surface area contributed by atoms with Gasteiger partial charge in [0.05, 0.1) is 0 Å². The fourth-order valence-corrected chi connectivity index (χ4v) is 3.84. The molecule has 1 aliphatic heterocycles. The zero-order chi connectivity index (χ0) is 19.0. The Morgan fingerprint density at radius 3 is 2.33 bits per heavy atom. The molecule has 6 heteroatoms. The van der Waals surface area contributed by atoms with Crippen LogP contribution in [-0.4, -0.2) is 52.8 Å². The van der Waals surface area contributed by atoms with Crippen molar-refractivity contribution in [2.45, 2.75) is 6.92 Å². The Balaban J connectivity index is 1.43. The maximum absolute atomic E-state index is 12.8. The number of carbonyl (C=O) groups is 2. The van der Waals surface area contributed by atoms with Gasteiger partial charge in [-0.3, -0.25) is 9.59 Å². The van der Waals surface area contributed by atoms with Crippen LogP contribution in [0.4, 0.5) is 0 Å². The first-order valence-corrected chi connectivity index (χ1v) is 9.74. The van der Waals surface area contributed by atoms with Gasteiger partial charge < -0.3 is 14.8 Å². The van der Waals surface area contributed by atoms with E-state index in [-0.39, 0.29) is 11.8 Å². The first-order valence-electron chi connectivity index (χ1n) is 8.95. The Morgan fingerprint density at radius 2 is 1.63 bits per heavy atom. The maximum atomic E-state index is 12.8. The van der Waals surface area contributed by atoms with E-state index < -0.39 is 0 Å². The molecule has 0 bridgehead atoms. The lowest BCUT2D eigenvalue weighted by Gasteiger charge is -2.34. The number of hydrogen-bond donors (Lipinski definition) is 1. The number of benzene rings is 2. The molecule has 0 unspecified atom stereocenters. The Hall–Kier alpha value is -2.60. The van der Waals surface area contributed by atoms with E-state index in [1.165, 1.54) is 0 Å². The molecule has 0 aliphatic carbocycles. The topological polar surface area (TPSA) is 56.4 Å². The summed E-state index contributed by atoms with van der Waals surface area (Å²) in [7, 11) is 0. The first-order chi connectivity index (χ1) is 13.0. The van der Waals surface area contributed by atoms with Crippen LogP contribution in [0.2, 0.25) is 0 Å². The van der Waals surface area contributed by atoms with Crippen molar-refractivity contribution in [3.8, 4) is 0 Å². The van der Waals surface area contributed by atoms with Gasteiger partial charge in [0, 0.05) is 47.1 Å². The molecule has 1 fully saturated rings. The SMILES string of the molecule is Cc1cccc(C(=O)N2CCN(C(=O)c3cc4cc(Br)ccc4[nH]3)CC2)c1. The Labute approximate surface area is 166 Å². The van der Waals surface area contributed by atoms with E-state index in [4.69, 9.17) is 0 Å². The van der Waals surface area contributed by atoms with Gasteiger partial charge in [-0.15, -0.1) is 0 Å². The van der Waals surface area contributed by atoms with Crippen molar-refractivity contribution in [3.05, 3.63) is 69.8 Å². The van der Waals surface area contributed by atoms with Gasteiger partial charge in [-0.2, -0.15) is 0 Å². The highest BCUT2D eigenvalue weighted by Gasteiger charge is 2.26. The van der Waals surface area contributed by atoms with Crippen molar-refractivity contribution in [2.24, 2.45) is 0 Å². The van der Waals surface area contributed by atoms with Gasteiger partial charge in [-0.25, -0.2) is 0 Å². The predicted octanol–water partition coefficient (Wildman–Crippen LogP) is 3.84. The lowest BCUT2D eigenvalue weighted by atomic mass is 10.1. The van der Waals surface area contributed by atoms with Crippen LogP contribution < -0.4 is 0 Å². The van der Waals surface area contributed by atoms with Gasteiger partial charge in [-0.1, -0.05) is 33.6 Å². The monoisotopic (exact) mass is 425 g/mol. The maximum Gasteiger partial charge on any atom is 0.270 e. The number of aromatic nitrogens is 1. The van der Waals surface area contributed by atoms with E-state index in [1.807, 2.05) is 60.4 Å². The summed E-state index contributed by atoms with van der Waals surface area (Å²) >= 11 is 3.45. The third kappa shape index (κ3) is 3.62. The van der Waals surface area contributed by atoms with E-state index >= 15 is 0 Å². The fraction of sp³-hybridized carbons (Fsp3) is 0.238. The molecule has 2 heterocycles. The molecule has 27 heavy (non-hydrogen) atoms. The summed E-state index contributed by atoms with van der Waals surface area (Å²) in [6.07, 6.45) is 0. The van der Waals surface area contributed by atoms with Crippen molar-refractivity contribution in [1.29, 1.82) is 0 Å². The third-order valence-electron chi connectivity index (χ3n) is 4.93. The van der Waals surface area contributed by atoms with Gasteiger partial charge in [-0.05, 0) is 43.3 Å². The van der Waals surface area contributed by atoms with Crippen LogP contribution in [0.15, 0.2) is 53.0 Å². The summed E-state index contributed by atoms with van der Waals surface area (Å²) < 4.78 is 0.983. The molecule has 1 aromatic heterocycles. The first kappa shape index (κ1) is 17.8. The number of rotatable bonds is 2. The van der Waals surface area contributed by atoms with E-state index in [0.717, 1.165) is 20.9 Å². The average molecular weight is 426 g/mol. The van der Waals surface area contributed by atoms with Crippen LogP contribution in [0.3, 0.4) is 0 Å². The molecule has 5 nitrogen and oxygen atoms in total. The zero-order valence-electron chi connectivity index (χ0n) is 15.0. The Morgan fingerprint density at radius 1 is 0.926 bits per heavy atom. The highest BCUT2D eigenvalue weighted by molar-refractivity contribution is 9.10. The van der Waals surface area contributed by atoms with Crippen LogP contribution in [0, 0.1) is 6.92 Å². The van der Waals surface area contributed by atoms with Crippen LogP contribution in [0.1, 0.15) is 26.4 Å². The minimum atomic E-state index is -0.0232. The molecule has 138 valence electrons. The lowest BCUT2D eigenvalue weighted by molar-refractivity contribution is 0.0533. The summed E-state index contributed by atoms with van der Waals surface area (Å²) in [5.74, 6) is 0.00578. The van der Waals surface area contributed by atoms with Gasteiger partial charge in [0.2, 0.25) is 0 Å². The molecular formula is C21H20BrN3O2. The minimum absolute atomic E-state index is 0.0232. The molecule has 1 N–H and O–H groups in total. The van der Waals surface area contributed by atoms with Crippen molar-refractivity contribution in [1.82, 2.24) is 14.8 Å². The number of nitrogens with zero attached hydrogens (tertiary/aromatic N) is 2. The number of amides is 2. The van der Waals surface area contributed by atoms with E-state index in [2.05, 4.69) is 20.9 Å². The number of fused-ring (bicyclic) bond motifs is 1. The normalized spacial score (nSPS) is 14.6. The van der Waals surface area contributed by atoms with Crippen molar-refractivity contribution in [3.63, 3.8) is 0 Å². The van der Waals surface area contributed by atoms with Crippen molar-refractivity contribution in [2.75, 3.05) is 26.2 Å². The van der Waals surface area contributed by atoms with Crippen LogP contribution in [0.5, 0.6) is 0 Å². The number of carbonyl (C=O) groups excluding carboxylic acids is 2. The molecule has 2 amide bonds. The number of nitrogens with one attached hydrogen (secondary N) is 1. The van der Waals surface area contributed by atoms with Crippen LogP contribution >= 0.6 is 15.9 Å². The van der Waals surface area contributed by atoms with Gasteiger partial charge in [0.25, 0.3) is 11.8 Å². The van der Waals surface area contributed by atoms with Gasteiger partial charge >= 0.3 is 0 Å². The number of aromatic amines is 1. The van der Waals surface area contributed by atoms with Crippen LogP contribution in [-0.2, 0) is 0 Å². The highest BCUT2D eigenvalue weighted by atomic mass is 79.9. The fourth-order valence-electron chi connectivity index (χ4n) is 3.46. The van der Waals surface area contributed by atoms with Gasteiger partial charge in [0.15, 0.2) is 0 Å². The zero-order valence-corrected chi connectivity index (χ0v) is 16.6. The molecule has 0 spiro atoms. The molecule has 3 aromatic rings. The van der Waals surface area contributed by atoms with E-state index in [0.29, 0.717) is 37.4 Å². The van der Waals surface area contributed by atoms with Crippen molar-refractivity contribution < 1.29 is 9.59 Å². The van der Waals surface area contributed by atoms with E-state index in [9.17, 15) is 9.59 Å². The van der Waals surface area contributed by atoms with Gasteiger partial charge in [0.1, 0.15) is 5.69 Å². The van der Waals surface area contributed by atoms with Crippen LogP contribution in [0.25, 0.3) is 10.9 Å². The molecule has 1 saturated heterocycles. The van der Waals surface area contributed by atoms with E-state index in [1.54, 1.807) is 4.90 Å². The third-order valence-corrected chi connectivity index (χ3v) is 5.43. The summed E-state index contributed by atoms with van der Waals surface area (Å²) in [4.78, 5) is 32.3. The smallest absolute Gasteiger partial charge is 0.270 e. The molecule has 1 aliphatic rings. The quantitative estimate of drug-likeness (QED) is 0.677. The highest BCUT2D eigenvalue weighted by Crippen LogP contribution is 2.21. The number of aryl methyl sites for hydroxylation is 1. The Kier molecular flexibility index (Phi) is 4.74. The molecule has 0 radical (unpaired) electrons.